The molecule has 0 radical (unpaired) electrons. The molecule has 1 heteroatoms. The number of hydrogen-bond acceptors (Lipinski definition) is 0. The fourth-order valence-electron chi connectivity index (χ4n) is 2.01. The van der Waals surface area contributed by atoms with E-state index in [0.717, 1.165) is 21.7 Å². The summed E-state index contributed by atoms with van der Waals surface area (Å²) in [5.74, 6) is 2.79. The van der Waals surface area contributed by atoms with Crippen molar-refractivity contribution in [1.29, 1.82) is 0 Å². The summed E-state index contributed by atoms with van der Waals surface area (Å²) in [7, 11) is 0. The van der Waals surface area contributed by atoms with Crippen molar-refractivity contribution in [3.05, 3.63) is 12.2 Å². The zero-order valence-electron chi connectivity index (χ0n) is 5.55. The summed E-state index contributed by atoms with van der Waals surface area (Å²) in [5, 5.41) is 0. The molecule has 4 unspecified atom stereocenters. The van der Waals surface area contributed by atoms with Crippen LogP contribution in [0, 0.1) is 17.8 Å². The molecule has 0 aliphatic heterocycles. The minimum atomic E-state index is 0.922. The topological polar surface area (TPSA) is 0 Å². The Morgan fingerprint density at radius 1 is 1.33 bits per heavy atom. The maximum absolute atomic E-state index is 2.60. The number of hydrogen-bond donors (Lipinski definition) is 0. The van der Waals surface area contributed by atoms with Gasteiger partial charge in [-0.05, 0) is 24.2 Å². The highest BCUT2D eigenvalue weighted by Crippen LogP contribution is 2.47. The van der Waals surface area contributed by atoms with Crippen LogP contribution in [-0.2, 0) is 0 Å². The van der Waals surface area contributed by atoms with Crippen LogP contribution in [0.2, 0.25) is 0 Å². The van der Waals surface area contributed by atoms with Gasteiger partial charge in [-0.2, -0.15) is 0 Å². The van der Waals surface area contributed by atoms with E-state index in [2.05, 4.69) is 41.7 Å². The molecule has 2 bridgehead atoms. The maximum Gasteiger partial charge on any atom is 0.0204 e. The lowest BCUT2D eigenvalue weighted by molar-refractivity contribution is 0.514. The van der Waals surface area contributed by atoms with Gasteiger partial charge in [-0.3, -0.25) is 0 Å². The van der Waals surface area contributed by atoms with Crippen LogP contribution in [0.5, 0.6) is 0 Å². The lowest BCUT2D eigenvalue weighted by Gasteiger charge is -2.17. The Labute approximate surface area is 69.9 Å². The van der Waals surface area contributed by atoms with Gasteiger partial charge in [0.1, 0.15) is 0 Å². The van der Waals surface area contributed by atoms with Crippen LogP contribution in [0.4, 0.5) is 0 Å². The first-order valence-corrected chi connectivity index (χ1v) is 4.86. The Kier molecular flexibility index (Phi) is 1.36. The Morgan fingerprint density at radius 3 is 2.33 bits per heavy atom. The number of fused-ring (bicyclic) bond motifs is 2. The first-order valence-electron chi connectivity index (χ1n) is 3.61. The van der Waals surface area contributed by atoms with E-state index in [9.17, 15) is 0 Å². The molecule has 4 atom stereocenters. The average Bonchev–Trinajstić information content (AvgIpc) is 2.37. The smallest absolute Gasteiger partial charge is 0.0204 e. The van der Waals surface area contributed by atoms with Crippen molar-refractivity contribution in [2.24, 2.45) is 17.8 Å². The third-order valence-electron chi connectivity index (χ3n) is 2.74. The van der Waals surface area contributed by atoms with Gasteiger partial charge in [0, 0.05) is 3.92 Å². The van der Waals surface area contributed by atoms with Gasteiger partial charge in [-0.15, -0.1) is 0 Å². The van der Waals surface area contributed by atoms with Gasteiger partial charge in [0.15, 0.2) is 0 Å². The van der Waals surface area contributed by atoms with Crippen molar-refractivity contribution in [3.8, 4) is 0 Å². The molecule has 0 aromatic carbocycles. The number of allylic oxidation sites excluding steroid dienone is 2. The van der Waals surface area contributed by atoms with Gasteiger partial charge >= 0.3 is 0 Å². The molecule has 50 valence electrons. The van der Waals surface area contributed by atoms with Crippen LogP contribution in [0.15, 0.2) is 12.2 Å². The van der Waals surface area contributed by atoms with E-state index >= 15 is 0 Å². The quantitative estimate of drug-likeness (QED) is 0.343. The zero-order valence-corrected chi connectivity index (χ0v) is 7.71. The summed E-state index contributed by atoms with van der Waals surface area (Å²) in [4.78, 5) is 0. The van der Waals surface area contributed by atoms with E-state index in [4.69, 9.17) is 0 Å². The van der Waals surface area contributed by atoms with Crippen LogP contribution < -0.4 is 0 Å². The lowest BCUT2D eigenvalue weighted by Crippen LogP contribution is -2.14. The van der Waals surface area contributed by atoms with E-state index in [1.165, 1.54) is 6.42 Å². The van der Waals surface area contributed by atoms with Crippen LogP contribution in [0.25, 0.3) is 0 Å². The molecular formula is C8H11I. The zero-order chi connectivity index (χ0) is 6.43. The summed E-state index contributed by atoms with van der Waals surface area (Å²) in [6, 6.07) is 0. The van der Waals surface area contributed by atoms with Gasteiger partial charge in [0.25, 0.3) is 0 Å². The predicted molar refractivity (Wildman–Crippen MR) is 47.7 cm³/mol. The molecule has 0 N–H and O–H groups in total. The third kappa shape index (κ3) is 0.769. The Hall–Kier alpha value is 0.470. The minimum absolute atomic E-state index is 0.922. The lowest BCUT2D eigenvalue weighted by atomic mass is 9.96. The number of rotatable bonds is 0. The second-order valence-corrected chi connectivity index (χ2v) is 4.69. The molecule has 0 nitrogen and oxygen atoms in total. The van der Waals surface area contributed by atoms with Crippen molar-refractivity contribution in [2.75, 3.05) is 0 Å². The normalized spacial score (nSPS) is 54.9. The number of halogens is 1. The summed E-state index contributed by atoms with van der Waals surface area (Å²) in [6.07, 6.45) is 6.25. The first-order chi connectivity index (χ1) is 4.29. The maximum atomic E-state index is 2.60. The van der Waals surface area contributed by atoms with E-state index in [-0.39, 0.29) is 0 Å². The molecule has 0 amide bonds. The second-order valence-electron chi connectivity index (χ2n) is 3.25. The molecule has 2 aliphatic rings. The molecule has 9 heavy (non-hydrogen) atoms. The third-order valence-corrected chi connectivity index (χ3v) is 4.79. The van der Waals surface area contributed by atoms with Crippen molar-refractivity contribution < 1.29 is 0 Å². The fourth-order valence-corrected chi connectivity index (χ4v) is 3.08. The van der Waals surface area contributed by atoms with Gasteiger partial charge in [-0.25, -0.2) is 0 Å². The summed E-state index contributed by atoms with van der Waals surface area (Å²) in [6.45, 7) is 2.38. The highest BCUT2D eigenvalue weighted by molar-refractivity contribution is 14.1. The Morgan fingerprint density at radius 2 is 2.00 bits per heavy atom. The summed E-state index contributed by atoms with van der Waals surface area (Å²) in [5.41, 5.74) is 0. The molecule has 2 aliphatic carbocycles. The standard InChI is InChI=1S/C8H11I/c1-5-6-2-3-7(4-6)8(5)9/h2-3,5-8H,4H2,1H3. The molecule has 0 aromatic heterocycles. The summed E-state index contributed by atoms with van der Waals surface area (Å²) >= 11 is 2.60. The predicted octanol–water partition coefficient (Wildman–Crippen LogP) is 2.63. The minimum Gasteiger partial charge on any atom is -0.0848 e. The van der Waals surface area contributed by atoms with E-state index < -0.39 is 0 Å². The van der Waals surface area contributed by atoms with Crippen LogP contribution >= 0.6 is 22.6 Å². The van der Waals surface area contributed by atoms with Crippen molar-refractivity contribution in [3.63, 3.8) is 0 Å². The molecule has 1 fully saturated rings. The first kappa shape index (κ1) is 6.20. The van der Waals surface area contributed by atoms with Gasteiger partial charge in [0.05, 0.1) is 0 Å². The SMILES string of the molecule is CC1C2C=CC(C2)C1I. The molecule has 0 spiro atoms. The van der Waals surface area contributed by atoms with E-state index in [0.29, 0.717) is 0 Å². The Bertz CT molecular complexity index is 135. The largest absolute Gasteiger partial charge is 0.0848 e. The highest BCUT2D eigenvalue weighted by Gasteiger charge is 2.39. The highest BCUT2D eigenvalue weighted by atomic mass is 127. The van der Waals surface area contributed by atoms with Gasteiger partial charge in [-0.1, -0.05) is 41.7 Å². The fraction of sp³-hybridized carbons (Fsp3) is 0.750. The van der Waals surface area contributed by atoms with Crippen LogP contribution in [0.1, 0.15) is 13.3 Å². The second kappa shape index (κ2) is 1.97. The molecule has 1 saturated carbocycles. The Balaban J connectivity index is 2.26. The average molecular weight is 234 g/mol. The van der Waals surface area contributed by atoms with Crippen LogP contribution in [-0.4, -0.2) is 3.92 Å². The van der Waals surface area contributed by atoms with Gasteiger partial charge in [0.2, 0.25) is 0 Å². The monoisotopic (exact) mass is 234 g/mol. The molecule has 0 saturated heterocycles. The molecular weight excluding hydrogens is 223 g/mol. The molecule has 2 rings (SSSR count). The van der Waals surface area contributed by atoms with E-state index in [1.807, 2.05) is 0 Å². The van der Waals surface area contributed by atoms with Crippen LogP contribution in [0.3, 0.4) is 0 Å². The van der Waals surface area contributed by atoms with Gasteiger partial charge < -0.3 is 0 Å². The number of alkyl halides is 1. The van der Waals surface area contributed by atoms with Crippen molar-refractivity contribution in [1.82, 2.24) is 0 Å². The van der Waals surface area contributed by atoms with Crippen molar-refractivity contribution >= 4 is 22.6 Å². The molecule has 0 aromatic rings. The summed E-state index contributed by atoms with van der Waals surface area (Å²) < 4.78 is 0.928. The molecule has 0 heterocycles. The van der Waals surface area contributed by atoms with Crippen molar-refractivity contribution in [2.45, 2.75) is 17.3 Å². The van der Waals surface area contributed by atoms with E-state index in [1.54, 1.807) is 0 Å².